The van der Waals surface area contributed by atoms with E-state index in [4.69, 9.17) is 5.73 Å². The predicted molar refractivity (Wildman–Crippen MR) is 74.4 cm³/mol. The second-order valence-electron chi connectivity index (χ2n) is 5.06. The first-order valence-corrected chi connectivity index (χ1v) is 6.44. The van der Waals surface area contributed by atoms with E-state index in [2.05, 4.69) is 17.1 Å². The van der Waals surface area contributed by atoms with Gasteiger partial charge < -0.3 is 10.7 Å². The monoisotopic (exact) mass is 244 g/mol. The number of rotatable bonds is 5. The van der Waals surface area contributed by atoms with E-state index in [1.165, 1.54) is 10.9 Å². The fourth-order valence-corrected chi connectivity index (χ4v) is 2.22. The van der Waals surface area contributed by atoms with Gasteiger partial charge in [0.15, 0.2) is 5.78 Å². The molecule has 3 N–H and O–H groups in total. The van der Waals surface area contributed by atoms with Gasteiger partial charge in [0.2, 0.25) is 0 Å². The van der Waals surface area contributed by atoms with Gasteiger partial charge in [0, 0.05) is 23.0 Å². The van der Waals surface area contributed by atoms with Crippen LogP contribution in [0.4, 0.5) is 0 Å². The van der Waals surface area contributed by atoms with Crippen LogP contribution in [0, 0.1) is 5.92 Å². The van der Waals surface area contributed by atoms with Crippen LogP contribution < -0.4 is 5.73 Å². The van der Waals surface area contributed by atoms with Crippen molar-refractivity contribution in [3.8, 4) is 0 Å². The van der Waals surface area contributed by atoms with Gasteiger partial charge in [-0.3, -0.25) is 4.79 Å². The SMILES string of the molecule is CC(C)C(=O)[C@@H](N)CCc1c[nH]c2ccccc12. The molecule has 1 aromatic carbocycles. The van der Waals surface area contributed by atoms with Gasteiger partial charge in [-0.1, -0.05) is 32.0 Å². The van der Waals surface area contributed by atoms with Gasteiger partial charge in [-0.15, -0.1) is 0 Å². The summed E-state index contributed by atoms with van der Waals surface area (Å²) in [4.78, 5) is 15.0. The van der Waals surface area contributed by atoms with Gasteiger partial charge in [0.05, 0.1) is 6.04 Å². The Hall–Kier alpha value is -1.61. The molecule has 0 unspecified atom stereocenters. The smallest absolute Gasteiger partial charge is 0.152 e. The zero-order valence-electron chi connectivity index (χ0n) is 10.9. The molecular weight excluding hydrogens is 224 g/mol. The predicted octanol–water partition coefficient (Wildman–Crippen LogP) is 2.65. The van der Waals surface area contributed by atoms with Crippen LogP contribution in [0.2, 0.25) is 0 Å². The van der Waals surface area contributed by atoms with Crippen LogP contribution in [0.5, 0.6) is 0 Å². The molecule has 1 atom stereocenters. The largest absolute Gasteiger partial charge is 0.361 e. The molecule has 0 fully saturated rings. The lowest BCUT2D eigenvalue weighted by molar-refractivity contribution is -0.123. The highest BCUT2D eigenvalue weighted by Gasteiger charge is 2.17. The summed E-state index contributed by atoms with van der Waals surface area (Å²) in [5.74, 6) is 0.165. The minimum atomic E-state index is -0.348. The Labute approximate surface area is 107 Å². The molecule has 1 aromatic heterocycles. The van der Waals surface area contributed by atoms with E-state index < -0.39 is 0 Å². The maximum Gasteiger partial charge on any atom is 0.152 e. The van der Waals surface area contributed by atoms with Crippen LogP contribution in [0.25, 0.3) is 10.9 Å². The van der Waals surface area contributed by atoms with Gasteiger partial charge in [-0.05, 0) is 24.5 Å². The van der Waals surface area contributed by atoms with Gasteiger partial charge in [0.25, 0.3) is 0 Å². The number of para-hydroxylation sites is 1. The molecule has 2 rings (SSSR count). The summed E-state index contributed by atoms with van der Waals surface area (Å²) in [7, 11) is 0. The molecule has 0 radical (unpaired) electrons. The molecule has 0 bridgehead atoms. The molecule has 0 aliphatic heterocycles. The highest BCUT2D eigenvalue weighted by molar-refractivity contribution is 5.86. The molecule has 2 aromatic rings. The van der Waals surface area contributed by atoms with Crippen LogP contribution in [-0.2, 0) is 11.2 Å². The Balaban J connectivity index is 2.04. The van der Waals surface area contributed by atoms with Crippen LogP contribution >= 0.6 is 0 Å². The van der Waals surface area contributed by atoms with Gasteiger partial charge in [0.1, 0.15) is 0 Å². The summed E-state index contributed by atoms with van der Waals surface area (Å²) in [5.41, 5.74) is 8.29. The number of hydrogen-bond donors (Lipinski definition) is 2. The highest BCUT2D eigenvalue weighted by atomic mass is 16.1. The normalized spacial score (nSPS) is 13.1. The third-order valence-electron chi connectivity index (χ3n) is 3.33. The van der Waals surface area contributed by atoms with Crippen LogP contribution in [0.15, 0.2) is 30.5 Å². The van der Waals surface area contributed by atoms with Crippen molar-refractivity contribution in [2.75, 3.05) is 0 Å². The number of carbonyl (C=O) groups excluding carboxylic acids is 1. The summed E-state index contributed by atoms with van der Waals surface area (Å²) >= 11 is 0. The lowest BCUT2D eigenvalue weighted by Crippen LogP contribution is -2.34. The number of fused-ring (bicyclic) bond motifs is 1. The number of hydrogen-bond acceptors (Lipinski definition) is 2. The average Bonchev–Trinajstić information content (AvgIpc) is 2.78. The third kappa shape index (κ3) is 2.62. The number of nitrogens with one attached hydrogen (secondary N) is 1. The summed E-state index contributed by atoms with van der Waals surface area (Å²) < 4.78 is 0. The second kappa shape index (κ2) is 5.36. The Morgan fingerprint density at radius 2 is 2.06 bits per heavy atom. The van der Waals surface area contributed by atoms with Crippen molar-refractivity contribution >= 4 is 16.7 Å². The molecular formula is C15H20N2O. The minimum Gasteiger partial charge on any atom is -0.361 e. The minimum absolute atomic E-state index is 0.0166. The van der Waals surface area contributed by atoms with Crippen LogP contribution in [0.1, 0.15) is 25.8 Å². The molecule has 0 aliphatic rings. The van der Waals surface area contributed by atoms with E-state index in [9.17, 15) is 4.79 Å². The molecule has 0 spiro atoms. The lowest BCUT2D eigenvalue weighted by Gasteiger charge is -2.12. The zero-order valence-corrected chi connectivity index (χ0v) is 10.9. The fraction of sp³-hybridized carbons (Fsp3) is 0.400. The number of aromatic amines is 1. The van der Waals surface area contributed by atoms with E-state index in [0.29, 0.717) is 6.42 Å². The van der Waals surface area contributed by atoms with Gasteiger partial charge >= 0.3 is 0 Å². The number of benzene rings is 1. The molecule has 0 saturated carbocycles. The number of nitrogens with two attached hydrogens (primary N) is 1. The van der Waals surface area contributed by atoms with Gasteiger partial charge in [-0.2, -0.15) is 0 Å². The number of aryl methyl sites for hydroxylation is 1. The first kappa shape index (κ1) is 12.8. The lowest BCUT2D eigenvalue weighted by atomic mass is 9.96. The first-order valence-electron chi connectivity index (χ1n) is 6.44. The summed E-state index contributed by atoms with van der Waals surface area (Å²) in [6.45, 7) is 3.79. The topological polar surface area (TPSA) is 58.9 Å². The quantitative estimate of drug-likeness (QED) is 0.849. The molecule has 18 heavy (non-hydrogen) atoms. The highest BCUT2D eigenvalue weighted by Crippen LogP contribution is 2.19. The van der Waals surface area contributed by atoms with Crippen LogP contribution in [-0.4, -0.2) is 16.8 Å². The van der Waals surface area contributed by atoms with E-state index in [-0.39, 0.29) is 17.7 Å². The number of aromatic nitrogens is 1. The Bertz CT molecular complexity index is 542. The van der Waals surface area contributed by atoms with Crippen molar-refractivity contribution in [3.63, 3.8) is 0 Å². The standard InChI is InChI=1S/C15H20N2O/c1-10(2)15(18)13(16)8-7-11-9-17-14-6-4-3-5-12(11)14/h3-6,9-10,13,17H,7-8,16H2,1-2H3/t13-/m0/s1. The van der Waals surface area contributed by atoms with Crippen molar-refractivity contribution in [3.05, 3.63) is 36.0 Å². The number of Topliss-reactive ketones (excluding diaryl/α,β-unsaturated/α-hetero) is 1. The van der Waals surface area contributed by atoms with Crippen LogP contribution in [0.3, 0.4) is 0 Å². The van der Waals surface area contributed by atoms with Crippen molar-refractivity contribution in [1.29, 1.82) is 0 Å². The summed E-state index contributed by atoms with van der Waals surface area (Å²) in [5, 5.41) is 1.22. The molecule has 1 heterocycles. The van der Waals surface area contributed by atoms with E-state index in [1.54, 1.807) is 0 Å². The maximum atomic E-state index is 11.7. The van der Waals surface area contributed by atoms with E-state index in [0.717, 1.165) is 11.9 Å². The number of ketones is 1. The van der Waals surface area contributed by atoms with E-state index in [1.807, 2.05) is 32.2 Å². The zero-order chi connectivity index (χ0) is 13.1. The molecule has 3 heteroatoms. The van der Waals surface area contributed by atoms with Crippen molar-refractivity contribution < 1.29 is 4.79 Å². The third-order valence-corrected chi connectivity index (χ3v) is 3.33. The summed E-state index contributed by atoms with van der Waals surface area (Å²) in [6, 6.07) is 7.84. The van der Waals surface area contributed by atoms with Crippen molar-refractivity contribution in [2.24, 2.45) is 11.7 Å². The molecule has 3 nitrogen and oxygen atoms in total. The molecule has 0 amide bonds. The number of H-pyrrole nitrogens is 1. The Morgan fingerprint density at radius 3 is 2.78 bits per heavy atom. The van der Waals surface area contributed by atoms with Crippen molar-refractivity contribution in [1.82, 2.24) is 4.98 Å². The summed E-state index contributed by atoms with van der Waals surface area (Å²) in [6.07, 6.45) is 3.56. The van der Waals surface area contributed by atoms with Crippen molar-refractivity contribution in [2.45, 2.75) is 32.7 Å². The maximum absolute atomic E-state index is 11.7. The molecule has 96 valence electrons. The average molecular weight is 244 g/mol. The Morgan fingerprint density at radius 1 is 1.33 bits per heavy atom. The first-order chi connectivity index (χ1) is 8.59. The second-order valence-corrected chi connectivity index (χ2v) is 5.06. The molecule has 0 aliphatic carbocycles. The molecule has 0 saturated heterocycles. The number of carbonyl (C=O) groups is 1. The fourth-order valence-electron chi connectivity index (χ4n) is 2.22. The van der Waals surface area contributed by atoms with E-state index >= 15 is 0 Å². The van der Waals surface area contributed by atoms with Gasteiger partial charge in [-0.25, -0.2) is 0 Å². The Kier molecular flexibility index (Phi) is 3.82.